The van der Waals surface area contributed by atoms with E-state index in [9.17, 15) is 14.4 Å². The van der Waals surface area contributed by atoms with Crippen molar-refractivity contribution in [3.8, 4) is 11.5 Å². The van der Waals surface area contributed by atoms with Gasteiger partial charge in [0.15, 0.2) is 6.61 Å². The summed E-state index contributed by atoms with van der Waals surface area (Å²) in [6, 6.07) is 15.1. The highest BCUT2D eigenvalue weighted by atomic mass is 79.9. The van der Waals surface area contributed by atoms with Crippen LogP contribution < -0.4 is 25.5 Å². The number of furan rings is 1. The Kier molecular flexibility index (Phi) is 8.81. The monoisotopic (exact) mass is 528 g/mol. The molecule has 1 heterocycles. The molecule has 0 bridgehead atoms. The highest BCUT2D eigenvalue weighted by molar-refractivity contribution is 9.10. The minimum absolute atomic E-state index is 0.238. The Morgan fingerprint density at radius 3 is 2.71 bits per heavy atom. The number of methoxy groups -OCH3 is 1. The number of hydrogen-bond acceptors (Lipinski definition) is 7. The molecule has 0 aliphatic rings. The predicted molar refractivity (Wildman–Crippen MR) is 128 cm³/mol. The number of rotatable bonds is 9. The topological polar surface area (TPSA) is 131 Å². The molecule has 0 spiro atoms. The van der Waals surface area contributed by atoms with Gasteiger partial charge < -0.3 is 24.5 Å². The van der Waals surface area contributed by atoms with E-state index in [-0.39, 0.29) is 19.1 Å². The van der Waals surface area contributed by atoms with Crippen molar-refractivity contribution in [2.45, 2.75) is 6.54 Å². The predicted octanol–water partition coefficient (Wildman–Crippen LogP) is 2.83. The van der Waals surface area contributed by atoms with Crippen LogP contribution >= 0.6 is 15.9 Å². The molecule has 0 saturated carbocycles. The molecule has 0 atom stereocenters. The van der Waals surface area contributed by atoms with Gasteiger partial charge in [0.2, 0.25) is 0 Å². The minimum atomic E-state index is -0.964. The van der Waals surface area contributed by atoms with Crippen molar-refractivity contribution >= 4 is 45.6 Å². The summed E-state index contributed by atoms with van der Waals surface area (Å²) in [6.07, 6.45) is 2.82. The van der Waals surface area contributed by atoms with Crippen LogP contribution in [0.3, 0.4) is 0 Å². The van der Waals surface area contributed by atoms with Crippen molar-refractivity contribution in [3.05, 3.63) is 76.7 Å². The van der Waals surface area contributed by atoms with Crippen LogP contribution in [-0.2, 0) is 20.9 Å². The third-order valence-corrected chi connectivity index (χ3v) is 4.77. The first-order valence-corrected chi connectivity index (χ1v) is 10.7. The molecule has 3 amide bonds. The lowest BCUT2D eigenvalue weighted by Gasteiger charge is -2.10. The van der Waals surface area contributed by atoms with Gasteiger partial charge in [-0.3, -0.25) is 14.4 Å². The van der Waals surface area contributed by atoms with Gasteiger partial charge in [-0.15, -0.1) is 0 Å². The van der Waals surface area contributed by atoms with Crippen LogP contribution in [0, 0.1) is 0 Å². The Bertz CT molecular complexity index is 1180. The van der Waals surface area contributed by atoms with Crippen molar-refractivity contribution < 1.29 is 28.3 Å². The van der Waals surface area contributed by atoms with Crippen molar-refractivity contribution in [2.24, 2.45) is 5.10 Å². The number of carbonyl (C=O) groups is 3. The SMILES string of the molecule is COc1cccc(NC(=O)C(=O)N/N=C\c2cc(Br)ccc2OCC(=O)NCc2ccco2)c1. The maximum Gasteiger partial charge on any atom is 0.329 e. The van der Waals surface area contributed by atoms with E-state index < -0.39 is 11.8 Å². The third-order valence-electron chi connectivity index (χ3n) is 4.27. The van der Waals surface area contributed by atoms with Gasteiger partial charge in [-0.2, -0.15) is 5.10 Å². The second-order valence-electron chi connectivity index (χ2n) is 6.71. The van der Waals surface area contributed by atoms with Gasteiger partial charge in [0.25, 0.3) is 5.91 Å². The summed E-state index contributed by atoms with van der Waals surface area (Å²) in [7, 11) is 1.50. The van der Waals surface area contributed by atoms with Gasteiger partial charge in [-0.25, -0.2) is 5.43 Å². The molecule has 11 heteroatoms. The van der Waals surface area contributed by atoms with Crippen molar-refractivity contribution in [3.63, 3.8) is 0 Å². The molecule has 3 rings (SSSR count). The first kappa shape index (κ1) is 24.5. The zero-order valence-corrected chi connectivity index (χ0v) is 19.6. The van der Waals surface area contributed by atoms with Crippen LogP contribution in [0.25, 0.3) is 0 Å². The molecular weight excluding hydrogens is 508 g/mol. The molecule has 10 nitrogen and oxygen atoms in total. The number of anilines is 1. The highest BCUT2D eigenvalue weighted by Gasteiger charge is 2.13. The summed E-state index contributed by atoms with van der Waals surface area (Å²) in [5.74, 6) is -0.692. The summed E-state index contributed by atoms with van der Waals surface area (Å²) >= 11 is 3.35. The van der Waals surface area contributed by atoms with Gasteiger partial charge in [0.05, 0.1) is 26.1 Å². The number of hydrazone groups is 1. The highest BCUT2D eigenvalue weighted by Crippen LogP contribution is 2.22. The van der Waals surface area contributed by atoms with Gasteiger partial charge in [-0.05, 0) is 42.5 Å². The number of carbonyl (C=O) groups excluding carboxylic acids is 3. The second kappa shape index (κ2) is 12.2. The van der Waals surface area contributed by atoms with Crippen LogP contribution in [0.4, 0.5) is 5.69 Å². The van der Waals surface area contributed by atoms with E-state index in [2.05, 4.69) is 37.1 Å². The largest absolute Gasteiger partial charge is 0.497 e. The molecular formula is C23H21BrN4O6. The number of amides is 3. The van der Waals surface area contributed by atoms with E-state index in [0.29, 0.717) is 28.5 Å². The molecule has 1 aromatic heterocycles. The molecule has 3 aromatic rings. The Morgan fingerprint density at radius 2 is 1.94 bits per heavy atom. The van der Waals surface area contributed by atoms with E-state index in [4.69, 9.17) is 13.9 Å². The molecule has 0 unspecified atom stereocenters. The Labute approximate surface area is 203 Å². The molecule has 0 radical (unpaired) electrons. The average Bonchev–Trinajstić information content (AvgIpc) is 3.36. The van der Waals surface area contributed by atoms with E-state index in [1.54, 1.807) is 54.6 Å². The Morgan fingerprint density at radius 1 is 1.09 bits per heavy atom. The number of nitrogens with zero attached hydrogens (tertiary/aromatic N) is 1. The fourth-order valence-corrected chi connectivity index (χ4v) is 3.02. The molecule has 2 aromatic carbocycles. The number of ether oxygens (including phenoxy) is 2. The zero-order valence-electron chi connectivity index (χ0n) is 18.0. The van der Waals surface area contributed by atoms with Crippen LogP contribution in [0.15, 0.2) is 74.9 Å². The summed E-state index contributed by atoms with van der Waals surface area (Å²) in [5.41, 5.74) is 3.03. The molecule has 34 heavy (non-hydrogen) atoms. The van der Waals surface area contributed by atoms with Crippen LogP contribution in [0.2, 0.25) is 0 Å². The molecule has 0 fully saturated rings. The number of halogens is 1. The Hall–Kier alpha value is -4.12. The molecule has 0 saturated heterocycles. The smallest absolute Gasteiger partial charge is 0.329 e. The fraction of sp³-hybridized carbons (Fsp3) is 0.130. The molecule has 0 aliphatic heterocycles. The average molecular weight is 529 g/mol. The zero-order chi connectivity index (χ0) is 24.3. The maximum absolute atomic E-state index is 12.1. The third kappa shape index (κ3) is 7.48. The van der Waals surface area contributed by atoms with Crippen LogP contribution in [0.5, 0.6) is 11.5 Å². The quantitative estimate of drug-likeness (QED) is 0.222. The lowest BCUT2D eigenvalue weighted by Crippen LogP contribution is -2.32. The van der Waals surface area contributed by atoms with E-state index in [0.717, 1.165) is 4.47 Å². The van der Waals surface area contributed by atoms with Crippen molar-refractivity contribution in [1.29, 1.82) is 0 Å². The first-order chi connectivity index (χ1) is 16.4. The lowest BCUT2D eigenvalue weighted by atomic mass is 10.2. The van der Waals surface area contributed by atoms with Crippen molar-refractivity contribution in [2.75, 3.05) is 19.0 Å². The van der Waals surface area contributed by atoms with Crippen molar-refractivity contribution in [1.82, 2.24) is 10.7 Å². The van der Waals surface area contributed by atoms with Crippen LogP contribution in [0.1, 0.15) is 11.3 Å². The number of nitrogens with one attached hydrogen (secondary N) is 3. The normalized spacial score (nSPS) is 10.5. The molecule has 0 aliphatic carbocycles. The fourth-order valence-electron chi connectivity index (χ4n) is 2.64. The number of hydrogen-bond donors (Lipinski definition) is 3. The summed E-state index contributed by atoms with van der Waals surface area (Å²) < 4.78 is 16.5. The second-order valence-corrected chi connectivity index (χ2v) is 7.63. The first-order valence-electron chi connectivity index (χ1n) is 9.94. The molecule has 3 N–H and O–H groups in total. The van der Waals surface area contributed by atoms with Gasteiger partial charge in [0, 0.05) is 21.8 Å². The van der Waals surface area contributed by atoms with Gasteiger partial charge in [0.1, 0.15) is 17.3 Å². The van der Waals surface area contributed by atoms with E-state index >= 15 is 0 Å². The van der Waals surface area contributed by atoms with Crippen LogP contribution in [-0.4, -0.2) is 37.7 Å². The Balaban J connectivity index is 1.54. The summed E-state index contributed by atoms with van der Waals surface area (Å²) in [6.45, 7) is 0.00614. The lowest BCUT2D eigenvalue weighted by molar-refractivity contribution is -0.136. The standard InChI is InChI=1S/C23H21BrN4O6/c1-32-18-5-2-4-17(11-18)27-22(30)23(31)28-26-12-15-10-16(24)7-8-20(15)34-14-21(29)25-13-19-6-3-9-33-19/h2-12H,13-14H2,1H3,(H,25,29)(H,27,30)(H,28,31)/b26-12-. The van der Waals surface area contributed by atoms with Gasteiger partial charge in [-0.1, -0.05) is 22.0 Å². The molecule has 176 valence electrons. The van der Waals surface area contributed by atoms with E-state index in [1.807, 2.05) is 0 Å². The number of benzene rings is 2. The maximum atomic E-state index is 12.1. The van der Waals surface area contributed by atoms with E-state index in [1.165, 1.54) is 19.6 Å². The van der Waals surface area contributed by atoms with Gasteiger partial charge >= 0.3 is 11.8 Å². The summed E-state index contributed by atoms with van der Waals surface area (Å²) in [5, 5.41) is 8.94. The minimum Gasteiger partial charge on any atom is -0.497 e. The summed E-state index contributed by atoms with van der Waals surface area (Å²) in [4.78, 5) is 36.2.